The van der Waals surface area contributed by atoms with Crippen molar-refractivity contribution in [2.75, 3.05) is 20.3 Å². The summed E-state index contributed by atoms with van der Waals surface area (Å²) in [6.07, 6.45) is 6.83. The van der Waals surface area contributed by atoms with Crippen molar-refractivity contribution in [3.05, 3.63) is 23.9 Å². The molecule has 2 rings (SSSR count). The highest BCUT2D eigenvalue weighted by molar-refractivity contribution is 5.25. The molecule has 18 heavy (non-hydrogen) atoms. The van der Waals surface area contributed by atoms with Gasteiger partial charge in [-0.3, -0.25) is 4.90 Å². The van der Waals surface area contributed by atoms with E-state index in [0.29, 0.717) is 11.9 Å². The second kappa shape index (κ2) is 6.71. The number of aliphatic hydroxyl groups excluding tert-OH is 1. The molecule has 1 fully saturated rings. The average molecular weight is 250 g/mol. The van der Waals surface area contributed by atoms with Gasteiger partial charge in [-0.2, -0.15) is 0 Å². The number of aliphatic hydroxyl groups is 1. The molecule has 1 aliphatic carbocycles. The van der Waals surface area contributed by atoms with Gasteiger partial charge in [-0.05, 0) is 18.9 Å². The normalized spacial score (nSPS) is 16.4. The topological polar surface area (TPSA) is 45.6 Å². The number of methoxy groups -OCH3 is 1. The van der Waals surface area contributed by atoms with Crippen LogP contribution in [0.3, 0.4) is 0 Å². The second-order valence-electron chi connectivity index (χ2n) is 4.80. The fourth-order valence-electron chi connectivity index (χ4n) is 2.74. The first-order valence-electron chi connectivity index (χ1n) is 6.68. The Morgan fingerprint density at radius 3 is 2.89 bits per heavy atom. The number of pyridine rings is 1. The molecule has 0 amide bonds. The molecule has 0 aromatic carbocycles. The maximum absolute atomic E-state index is 9.21. The van der Waals surface area contributed by atoms with Gasteiger partial charge in [0.15, 0.2) is 0 Å². The minimum atomic E-state index is 0.207. The summed E-state index contributed by atoms with van der Waals surface area (Å²) in [5.41, 5.74) is 1.10. The molecule has 0 atom stereocenters. The summed E-state index contributed by atoms with van der Waals surface area (Å²) in [5, 5.41) is 9.21. The summed E-state index contributed by atoms with van der Waals surface area (Å²) >= 11 is 0. The second-order valence-corrected chi connectivity index (χ2v) is 4.80. The predicted molar refractivity (Wildman–Crippen MR) is 70.5 cm³/mol. The Bertz CT molecular complexity index is 365. The third-order valence-corrected chi connectivity index (χ3v) is 3.65. The van der Waals surface area contributed by atoms with Gasteiger partial charge in [0, 0.05) is 30.9 Å². The quantitative estimate of drug-likeness (QED) is 0.836. The molecule has 0 bridgehead atoms. The van der Waals surface area contributed by atoms with Crippen LogP contribution in [0.4, 0.5) is 0 Å². The van der Waals surface area contributed by atoms with Crippen LogP contribution in [0.25, 0.3) is 0 Å². The lowest BCUT2D eigenvalue weighted by Crippen LogP contribution is -2.35. The van der Waals surface area contributed by atoms with Gasteiger partial charge in [-0.1, -0.05) is 18.9 Å². The largest absolute Gasteiger partial charge is 0.481 e. The maximum atomic E-state index is 9.21. The average Bonchev–Trinajstić information content (AvgIpc) is 2.92. The number of aromatic nitrogens is 1. The van der Waals surface area contributed by atoms with E-state index in [0.717, 1.165) is 18.7 Å². The van der Waals surface area contributed by atoms with E-state index in [9.17, 15) is 5.11 Å². The van der Waals surface area contributed by atoms with Crippen LogP contribution in [0.5, 0.6) is 5.88 Å². The van der Waals surface area contributed by atoms with E-state index in [2.05, 4.69) is 9.88 Å². The zero-order valence-electron chi connectivity index (χ0n) is 11.0. The molecule has 100 valence electrons. The van der Waals surface area contributed by atoms with Crippen LogP contribution in [-0.4, -0.2) is 41.3 Å². The van der Waals surface area contributed by atoms with Crippen LogP contribution in [0.1, 0.15) is 31.2 Å². The predicted octanol–water partition coefficient (Wildman–Crippen LogP) is 1.83. The molecule has 1 saturated carbocycles. The van der Waals surface area contributed by atoms with Gasteiger partial charge in [0.1, 0.15) is 0 Å². The molecule has 1 heterocycles. The Labute approximate surface area is 109 Å². The summed E-state index contributed by atoms with van der Waals surface area (Å²) in [7, 11) is 1.65. The van der Waals surface area contributed by atoms with E-state index in [1.807, 2.05) is 12.1 Å². The Hall–Kier alpha value is -1.13. The van der Waals surface area contributed by atoms with Gasteiger partial charge in [-0.25, -0.2) is 4.98 Å². The van der Waals surface area contributed by atoms with E-state index >= 15 is 0 Å². The van der Waals surface area contributed by atoms with Gasteiger partial charge < -0.3 is 9.84 Å². The highest BCUT2D eigenvalue weighted by Crippen LogP contribution is 2.26. The Morgan fingerprint density at radius 1 is 1.44 bits per heavy atom. The van der Waals surface area contributed by atoms with E-state index in [-0.39, 0.29) is 6.61 Å². The monoisotopic (exact) mass is 250 g/mol. The molecule has 0 aliphatic heterocycles. The van der Waals surface area contributed by atoms with Crippen LogP contribution < -0.4 is 4.74 Å². The fraction of sp³-hybridized carbons (Fsp3) is 0.643. The van der Waals surface area contributed by atoms with Gasteiger partial charge in [0.2, 0.25) is 5.88 Å². The first kappa shape index (κ1) is 13.3. The summed E-state index contributed by atoms with van der Waals surface area (Å²) in [4.78, 5) is 6.58. The van der Waals surface area contributed by atoms with Crippen molar-refractivity contribution >= 4 is 0 Å². The zero-order chi connectivity index (χ0) is 12.8. The minimum Gasteiger partial charge on any atom is -0.481 e. The molecule has 1 N–H and O–H groups in total. The Morgan fingerprint density at radius 2 is 2.22 bits per heavy atom. The number of hydrogen-bond acceptors (Lipinski definition) is 4. The summed E-state index contributed by atoms with van der Waals surface area (Å²) < 4.78 is 5.29. The van der Waals surface area contributed by atoms with Gasteiger partial charge in [-0.15, -0.1) is 0 Å². The molecule has 0 spiro atoms. The molecule has 0 unspecified atom stereocenters. The fourth-order valence-corrected chi connectivity index (χ4v) is 2.74. The van der Waals surface area contributed by atoms with Crippen LogP contribution in [0.15, 0.2) is 18.3 Å². The molecule has 1 aromatic heterocycles. The van der Waals surface area contributed by atoms with Crippen molar-refractivity contribution in [2.45, 2.75) is 38.3 Å². The number of ether oxygens (including phenoxy) is 1. The third-order valence-electron chi connectivity index (χ3n) is 3.65. The Kier molecular flexibility index (Phi) is 4.96. The van der Waals surface area contributed by atoms with E-state index < -0.39 is 0 Å². The molecule has 1 aliphatic rings. The lowest BCUT2D eigenvalue weighted by atomic mass is 10.1. The first-order valence-corrected chi connectivity index (χ1v) is 6.68. The molecule has 0 radical (unpaired) electrons. The maximum Gasteiger partial charge on any atom is 0.217 e. The number of hydrogen-bond donors (Lipinski definition) is 1. The summed E-state index contributed by atoms with van der Waals surface area (Å²) in [5.74, 6) is 0.693. The van der Waals surface area contributed by atoms with Crippen molar-refractivity contribution in [1.82, 2.24) is 9.88 Å². The lowest BCUT2D eigenvalue weighted by molar-refractivity contribution is 0.143. The Balaban J connectivity index is 2.07. The lowest BCUT2D eigenvalue weighted by Gasteiger charge is -2.28. The number of rotatable bonds is 6. The molecular weight excluding hydrogens is 228 g/mol. The van der Waals surface area contributed by atoms with Crippen LogP contribution in [0.2, 0.25) is 0 Å². The van der Waals surface area contributed by atoms with Crippen LogP contribution in [0, 0.1) is 0 Å². The van der Waals surface area contributed by atoms with E-state index in [4.69, 9.17) is 4.74 Å². The van der Waals surface area contributed by atoms with E-state index in [1.54, 1.807) is 13.3 Å². The molecule has 1 aromatic rings. The smallest absolute Gasteiger partial charge is 0.217 e. The first-order chi connectivity index (χ1) is 8.85. The van der Waals surface area contributed by atoms with E-state index in [1.165, 1.54) is 25.7 Å². The summed E-state index contributed by atoms with van der Waals surface area (Å²) in [6, 6.07) is 4.58. The number of nitrogens with zero attached hydrogens (tertiary/aromatic N) is 2. The van der Waals surface area contributed by atoms with Gasteiger partial charge >= 0.3 is 0 Å². The molecule has 0 saturated heterocycles. The van der Waals surface area contributed by atoms with Crippen molar-refractivity contribution in [2.24, 2.45) is 0 Å². The van der Waals surface area contributed by atoms with Crippen LogP contribution >= 0.6 is 0 Å². The molecular formula is C14H22N2O2. The standard InChI is InChI=1S/C14H22N2O2/c1-18-14-12(5-4-8-15-14)11-16(9-10-17)13-6-2-3-7-13/h4-5,8,13,17H,2-3,6-7,9-11H2,1H3. The van der Waals surface area contributed by atoms with Gasteiger partial charge in [0.25, 0.3) is 0 Å². The SMILES string of the molecule is COc1ncccc1CN(CCO)C1CCCC1. The van der Waals surface area contributed by atoms with Gasteiger partial charge in [0.05, 0.1) is 13.7 Å². The molecule has 4 heteroatoms. The zero-order valence-corrected chi connectivity index (χ0v) is 11.0. The summed E-state index contributed by atoms with van der Waals surface area (Å²) in [6.45, 7) is 1.74. The van der Waals surface area contributed by atoms with Crippen molar-refractivity contribution < 1.29 is 9.84 Å². The highest BCUT2D eigenvalue weighted by atomic mass is 16.5. The highest BCUT2D eigenvalue weighted by Gasteiger charge is 2.23. The minimum absolute atomic E-state index is 0.207. The van der Waals surface area contributed by atoms with Crippen molar-refractivity contribution in [1.29, 1.82) is 0 Å². The third kappa shape index (κ3) is 3.21. The van der Waals surface area contributed by atoms with Crippen LogP contribution in [-0.2, 0) is 6.54 Å². The molecule has 4 nitrogen and oxygen atoms in total. The van der Waals surface area contributed by atoms with Crippen molar-refractivity contribution in [3.8, 4) is 5.88 Å². The van der Waals surface area contributed by atoms with Crippen molar-refractivity contribution in [3.63, 3.8) is 0 Å².